The Kier molecular flexibility index (Phi) is 35.0. The summed E-state index contributed by atoms with van der Waals surface area (Å²) in [6, 6.07) is 0. The van der Waals surface area contributed by atoms with Crippen LogP contribution in [-0.4, -0.2) is 261 Å². The van der Waals surface area contributed by atoms with Crippen LogP contribution in [0.15, 0.2) is 23.8 Å². The maximum Gasteiger partial charge on any atom is 0.401 e. The summed E-state index contributed by atoms with van der Waals surface area (Å²) in [5, 5.41) is 47.2. The minimum atomic E-state index is -4.28. The van der Waals surface area contributed by atoms with E-state index in [2.05, 4.69) is 20.8 Å². The lowest BCUT2D eigenvalue weighted by Gasteiger charge is -2.30. The fraction of sp³-hybridized carbons (Fsp3) is 0.823. The van der Waals surface area contributed by atoms with Crippen molar-refractivity contribution in [1.82, 2.24) is 0 Å². The molecule has 7 heterocycles. The normalized spacial score (nSPS) is 30.6. The summed E-state index contributed by atoms with van der Waals surface area (Å²) < 4.78 is 141. The number of aldehydes is 1. The van der Waals surface area contributed by atoms with Crippen LogP contribution in [0.2, 0.25) is 0 Å². The standard InChI is InChI=1S/C11H19FO5.C11H18O8S.C11H20O6.C11H18O4.C6H9FO4.C6H10O3.C6H10O2/c1-5-15-9(14)11(4,12)8(13)7-6-16-10(2,3)17-7;1-5-15-9(12)11(4)8(18-20(13,14)19-11)7-6-16-10(2,3)17-7;1-5-15-9(13)11(4,14)8(12)7-6-16-10(2,3)17-7;1-5-13-10(12)8(2)6-9-7-14-11(3,4)15-9;1-6(7)4(9)3(2-8)11-5(6)10;1-6(2)8-4-5(3-7)9-6;1-4-8-6(7)5(2)3/h7-8,13H,5-6H2,1-4H3;7-8H,5-6H2,1-4H3;7-8,12,14H,5-6H2,1-4H3;6,9H,5,7H2,1-4H3;3-4,8-9H,2H2,1H3;3,5H,4H2,1-2H3;2,4H2,1,3H3/b;;;8-6+;;;/t7-,8-,11-;2*7-,8-,11+;9-;3-,4-,6-;5-;/m111010./s1. The van der Waals surface area contributed by atoms with Crippen LogP contribution in [0.3, 0.4) is 0 Å². The first-order chi connectivity index (χ1) is 44.3. The molecule has 7 fully saturated rings. The summed E-state index contributed by atoms with van der Waals surface area (Å²) in [6.07, 6.45) is -7.30. The lowest BCUT2D eigenvalue weighted by atomic mass is 9.95. The molecule has 0 saturated carbocycles. The molecule has 564 valence electrons. The van der Waals surface area contributed by atoms with Crippen LogP contribution >= 0.6 is 0 Å². The maximum absolute atomic E-state index is 14.1. The predicted molar refractivity (Wildman–Crippen MR) is 330 cm³/mol. The molecule has 0 spiro atoms. The summed E-state index contributed by atoms with van der Waals surface area (Å²) in [5.74, 6) is -8.23. The molecule has 0 bridgehead atoms. The number of carbonyl (C=O) groups excluding carboxylic acids is 7. The van der Waals surface area contributed by atoms with Crippen molar-refractivity contribution >= 4 is 52.5 Å². The average molecular weight is 1430 g/mol. The number of halogens is 2. The fourth-order valence-electron chi connectivity index (χ4n) is 8.80. The van der Waals surface area contributed by atoms with Gasteiger partial charge in [0, 0.05) is 11.1 Å². The molecule has 7 saturated heterocycles. The van der Waals surface area contributed by atoms with E-state index in [0.29, 0.717) is 37.6 Å². The van der Waals surface area contributed by atoms with Gasteiger partial charge >= 0.3 is 46.2 Å². The van der Waals surface area contributed by atoms with Gasteiger partial charge < -0.3 is 106 Å². The Morgan fingerprint density at radius 3 is 1.39 bits per heavy atom. The van der Waals surface area contributed by atoms with Crippen molar-refractivity contribution in [2.24, 2.45) is 0 Å². The van der Waals surface area contributed by atoms with E-state index in [1.165, 1.54) is 13.8 Å². The van der Waals surface area contributed by atoms with E-state index in [1.807, 2.05) is 13.8 Å². The molecular weight excluding hydrogens is 1330 g/mol. The van der Waals surface area contributed by atoms with Crippen molar-refractivity contribution in [3.05, 3.63) is 23.8 Å². The van der Waals surface area contributed by atoms with Crippen molar-refractivity contribution in [3.63, 3.8) is 0 Å². The number of aliphatic hydroxyl groups excluding tert-OH is 4. The van der Waals surface area contributed by atoms with Gasteiger partial charge in [0.1, 0.15) is 54.9 Å². The Bertz CT molecular complexity index is 2670. The van der Waals surface area contributed by atoms with E-state index in [1.54, 1.807) is 110 Å². The van der Waals surface area contributed by atoms with E-state index < -0.39 is 141 Å². The van der Waals surface area contributed by atoms with Gasteiger partial charge in [0.05, 0.1) is 72.7 Å². The second-order valence-electron chi connectivity index (χ2n) is 25.1. The number of hydrogen-bond acceptors (Lipinski definition) is 32. The Morgan fingerprint density at radius 2 is 1.05 bits per heavy atom. The molecule has 0 amide bonds. The first kappa shape index (κ1) is 90.1. The van der Waals surface area contributed by atoms with Crippen LogP contribution < -0.4 is 0 Å². The van der Waals surface area contributed by atoms with Gasteiger partial charge in [0.15, 0.2) is 46.9 Å². The lowest BCUT2D eigenvalue weighted by molar-refractivity contribution is -0.195. The smallest absolute Gasteiger partial charge is 0.401 e. The molecule has 0 aromatic rings. The number of hydrogen-bond donors (Lipinski definition) is 5. The molecular formula is C62H104F2O32S. The third kappa shape index (κ3) is 28.2. The summed E-state index contributed by atoms with van der Waals surface area (Å²) in [7, 11) is -4.28. The first-order valence-corrected chi connectivity index (χ1v) is 32.4. The molecule has 7 rings (SSSR count). The van der Waals surface area contributed by atoms with E-state index in [0.717, 1.165) is 20.1 Å². The maximum atomic E-state index is 14.1. The summed E-state index contributed by atoms with van der Waals surface area (Å²) in [5.41, 5.74) is -7.68. The zero-order chi connectivity index (χ0) is 75.3. The third-order valence-corrected chi connectivity index (χ3v) is 15.0. The van der Waals surface area contributed by atoms with Crippen molar-refractivity contribution in [3.8, 4) is 0 Å². The number of alkyl halides is 2. The highest BCUT2D eigenvalue weighted by molar-refractivity contribution is 7.82. The van der Waals surface area contributed by atoms with E-state index >= 15 is 0 Å². The predicted octanol–water partition coefficient (Wildman–Crippen LogP) is 2.83. The zero-order valence-corrected chi connectivity index (χ0v) is 60.2. The first-order valence-electron chi connectivity index (χ1n) is 31.1. The van der Waals surface area contributed by atoms with Crippen LogP contribution in [0.4, 0.5) is 8.78 Å². The number of carbonyl (C=O) groups is 7. The van der Waals surface area contributed by atoms with Gasteiger partial charge in [-0.15, -0.1) is 0 Å². The van der Waals surface area contributed by atoms with E-state index in [9.17, 15) is 66.1 Å². The molecule has 0 aromatic carbocycles. The minimum absolute atomic E-state index is 0.0348. The largest absolute Gasteiger partial charge is 0.464 e. The van der Waals surface area contributed by atoms with Gasteiger partial charge in [-0.3, -0.25) is 0 Å². The van der Waals surface area contributed by atoms with Gasteiger partial charge in [-0.1, -0.05) is 6.58 Å². The van der Waals surface area contributed by atoms with Crippen LogP contribution in [0, 0.1) is 0 Å². The van der Waals surface area contributed by atoms with Crippen molar-refractivity contribution in [2.75, 3.05) is 72.7 Å². The van der Waals surface area contributed by atoms with Crippen LogP contribution in [0.5, 0.6) is 0 Å². The summed E-state index contributed by atoms with van der Waals surface area (Å²) in [6.45, 7) is 38.4. The van der Waals surface area contributed by atoms with E-state index in [-0.39, 0.29) is 63.8 Å². The highest BCUT2D eigenvalue weighted by Crippen LogP contribution is 2.39. The van der Waals surface area contributed by atoms with Gasteiger partial charge in [0.2, 0.25) is 16.9 Å². The topological polar surface area (TPSA) is 421 Å². The molecule has 35 heteroatoms. The number of aliphatic hydroxyl groups is 5. The molecule has 0 unspecified atom stereocenters. The fourth-order valence-corrected chi connectivity index (χ4v) is 9.99. The zero-order valence-electron chi connectivity index (χ0n) is 59.3. The number of cyclic esters (lactones) is 1. The Morgan fingerprint density at radius 1 is 0.639 bits per heavy atom. The SMILES string of the molecule is C=C(C)C(=O)OCC.CC1(C)OC[C@H](C=O)O1.CCOC(=O)/C(C)=C/[C@H]1COC(C)(C)O1.CCOC(=O)[C@@](C)(O)[C@H](O)[C@H]1COC(C)(C)O1.CCOC(=O)[C@@]1(C)OS(=O)(=O)O[C@@H]1[C@H]1COC(C)(C)O1.CCOC(=O)[C@](C)(F)[C@H](O)[C@H]1COC(C)(C)O1.C[C@]1(F)C(=O)O[C@H](CO)[C@H]1O. The van der Waals surface area contributed by atoms with Crippen LogP contribution in [-0.2, 0) is 128 Å². The minimum Gasteiger partial charge on any atom is -0.464 e. The quantitative estimate of drug-likeness (QED) is 0.0570. The second kappa shape index (κ2) is 37.7. The molecule has 14 atom stereocenters. The van der Waals surface area contributed by atoms with E-state index in [4.69, 9.17) is 80.2 Å². The molecule has 97 heavy (non-hydrogen) atoms. The van der Waals surface area contributed by atoms with Crippen LogP contribution in [0.25, 0.3) is 0 Å². The molecule has 7 aliphatic heterocycles. The molecule has 7 aliphatic rings. The van der Waals surface area contributed by atoms with Gasteiger partial charge in [0.25, 0.3) is 0 Å². The third-order valence-electron chi connectivity index (χ3n) is 14.0. The Balaban J connectivity index is 0.000000577. The Labute approximate surface area is 565 Å². The second-order valence-corrected chi connectivity index (χ2v) is 26.3. The number of esters is 6. The van der Waals surface area contributed by atoms with Crippen molar-refractivity contribution < 1.29 is 160 Å². The summed E-state index contributed by atoms with van der Waals surface area (Å²) in [4.78, 5) is 77.3. The summed E-state index contributed by atoms with van der Waals surface area (Å²) >= 11 is 0. The van der Waals surface area contributed by atoms with Crippen molar-refractivity contribution in [1.29, 1.82) is 0 Å². The van der Waals surface area contributed by atoms with Crippen molar-refractivity contribution in [2.45, 2.75) is 258 Å². The lowest BCUT2D eigenvalue weighted by Crippen LogP contribution is -2.54. The molecule has 0 radical (unpaired) electrons. The molecule has 0 aromatic heterocycles. The highest BCUT2D eigenvalue weighted by Gasteiger charge is 2.62. The highest BCUT2D eigenvalue weighted by atomic mass is 32.3. The number of rotatable bonds is 18. The van der Waals surface area contributed by atoms with Gasteiger partial charge in [-0.2, -0.15) is 8.42 Å². The number of ether oxygens (including phenoxy) is 16. The Hall–Kier alpha value is -4.90. The van der Waals surface area contributed by atoms with Gasteiger partial charge in [-0.05, 0) is 151 Å². The monoisotopic (exact) mass is 1430 g/mol. The molecule has 0 aliphatic carbocycles. The van der Waals surface area contributed by atoms with Crippen LogP contribution in [0.1, 0.15) is 145 Å². The molecule has 5 N–H and O–H groups in total. The average Bonchev–Trinajstić information content (AvgIpc) is 1.60. The molecule has 32 nitrogen and oxygen atoms in total. The van der Waals surface area contributed by atoms with Gasteiger partial charge in [-0.25, -0.2) is 45.9 Å².